The Labute approximate surface area is 150 Å². The van der Waals surface area contributed by atoms with Gasteiger partial charge in [-0.3, -0.25) is 20.0 Å². The lowest BCUT2D eigenvalue weighted by Gasteiger charge is -2.24. The van der Waals surface area contributed by atoms with E-state index in [9.17, 15) is 9.59 Å². The van der Waals surface area contributed by atoms with Crippen molar-refractivity contribution in [3.8, 4) is 0 Å². The first kappa shape index (κ1) is 16.4. The molecule has 0 atom stereocenters. The lowest BCUT2D eigenvalue weighted by Crippen LogP contribution is -2.37. The van der Waals surface area contributed by atoms with Gasteiger partial charge in [-0.05, 0) is 37.1 Å². The van der Waals surface area contributed by atoms with E-state index in [4.69, 9.17) is 4.98 Å². The number of aromatic nitrogens is 3. The van der Waals surface area contributed by atoms with E-state index in [2.05, 4.69) is 10.4 Å². The molecule has 1 fully saturated rings. The summed E-state index contributed by atoms with van der Waals surface area (Å²) >= 11 is 0. The van der Waals surface area contributed by atoms with Crippen molar-refractivity contribution in [2.24, 2.45) is 0 Å². The average molecular weight is 348 g/mol. The summed E-state index contributed by atoms with van der Waals surface area (Å²) in [4.78, 5) is 34.4. The summed E-state index contributed by atoms with van der Waals surface area (Å²) in [6.45, 7) is 0. The van der Waals surface area contributed by atoms with Gasteiger partial charge in [0, 0.05) is 18.3 Å². The second kappa shape index (κ2) is 7.07. The molecule has 6 nitrogen and oxygen atoms in total. The summed E-state index contributed by atoms with van der Waals surface area (Å²) < 4.78 is 1.34. The second-order valence-corrected chi connectivity index (χ2v) is 6.65. The van der Waals surface area contributed by atoms with Gasteiger partial charge in [-0.25, -0.2) is 9.66 Å². The minimum atomic E-state index is -0.366. The second-order valence-electron chi connectivity index (χ2n) is 6.65. The average Bonchev–Trinajstić information content (AvgIpc) is 2.71. The number of amides is 1. The van der Waals surface area contributed by atoms with Crippen LogP contribution in [0.2, 0.25) is 0 Å². The van der Waals surface area contributed by atoms with E-state index in [-0.39, 0.29) is 17.4 Å². The Balaban J connectivity index is 1.81. The Morgan fingerprint density at radius 3 is 2.65 bits per heavy atom. The number of benzene rings is 1. The summed E-state index contributed by atoms with van der Waals surface area (Å²) in [6.07, 6.45) is 8.48. The number of carbonyl (C=O) groups is 1. The highest BCUT2D eigenvalue weighted by atomic mass is 16.2. The first-order chi connectivity index (χ1) is 12.7. The van der Waals surface area contributed by atoms with Gasteiger partial charge in [0.05, 0.1) is 16.5 Å². The number of nitrogens with one attached hydrogen (secondary N) is 1. The molecular weight excluding hydrogens is 328 g/mol. The molecule has 0 radical (unpaired) electrons. The lowest BCUT2D eigenvalue weighted by molar-refractivity contribution is 0.100. The van der Waals surface area contributed by atoms with Gasteiger partial charge in [0.25, 0.3) is 11.5 Å². The number of carbonyl (C=O) groups excluding carboxylic acids is 1. The predicted octanol–water partition coefficient (Wildman–Crippen LogP) is 3.22. The van der Waals surface area contributed by atoms with Crippen molar-refractivity contribution in [2.75, 3.05) is 5.43 Å². The standard InChI is InChI=1S/C20H20N4O2/c25-19(15-9-6-12-21-13-15)23-24-18(14-7-2-1-3-8-14)22-17-11-5-4-10-16(17)20(24)26/h4-6,9-14H,1-3,7-8H2,(H,23,25). The van der Waals surface area contributed by atoms with Crippen LogP contribution in [0.1, 0.15) is 54.2 Å². The van der Waals surface area contributed by atoms with Gasteiger partial charge in [-0.15, -0.1) is 0 Å². The summed E-state index contributed by atoms with van der Waals surface area (Å²) in [5.74, 6) is 0.454. The highest BCUT2D eigenvalue weighted by molar-refractivity contribution is 5.99. The molecule has 0 bridgehead atoms. The van der Waals surface area contributed by atoms with Gasteiger partial charge >= 0.3 is 0 Å². The van der Waals surface area contributed by atoms with Crippen molar-refractivity contribution in [1.82, 2.24) is 14.6 Å². The van der Waals surface area contributed by atoms with Crippen LogP contribution in [-0.4, -0.2) is 20.6 Å². The quantitative estimate of drug-likeness (QED) is 0.788. The number of para-hydroxylation sites is 1. The van der Waals surface area contributed by atoms with Crippen LogP contribution in [0.5, 0.6) is 0 Å². The van der Waals surface area contributed by atoms with Gasteiger partial charge in [0.2, 0.25) is 0 Å². The van der Waals surface area contributed by atoms with E-state index >= 15 is 0 Å². The van der Waals surface area contributed by atoms with Gasteiger partial charge in [0.1, 0.15) is 5.82 Å². The number of fused-ring (bicyclic) bond motifs is 1. The van der Waals surface area contributed by atoms with Gasteiger partial charge in [-0.2, -0.15) is 0 Å². The summed E-state index contributed by atoms with van der Waals surface area (Å²) in [5, 5.41) is 0.499. The summed E-state index contributed by atoms with van der Waals surface area (Å²) in [6, 6.07) is 10.6. The van der Waals surface area contributed by atoms with Crippen LogP contribution < -0.4 is 11.0 Å². The lowest BCUT2D eigenvalue weighted by atomic mass is 9.88. The molecule has 3 aromatic rings. The number of nitrogens with zero attached hydrogens (tertiary/aromatic N) is 3. The van der Waals surface area contributed by atoms with Crippen molar-refractivity contribution >= 4 is 16.8 Å². The Hall–Kier alpha value is -3.02. The molecule has 0 spiro atoms. The van der Waals surface area contributed by atoms with E-state index in [1.807, 2.05) is 12.1 Å². The zero-order valence-electron chi connectivity index (χ0n) is 14.4. The minimum Gasteiger partial charge on any atom is -0.267 e. The SMILES string of the molecule is O=C(Nn1c(C2CCCCC2)nc2ccccc2c1=O)c1cccnc1. The number of pyridine rings is 1. The molecule has 1 N–H and O–H groups in total. The normalized spacial score (nSPS) is 15.1. The maximum atomic E-state index is 13.1. The van der Waals surface area contributed by atoms with E-state index in [1.54, 1.807) is 30.5 Å². The molecule has 2 heterocycles. The summed E-state index contributed by atoms with van der Waals surface area (Å²) in [5.41, 5.74) is 3.58. The Kier molecular flexibility index (Phi) is 4.48. The minimum absolute atomic E-state index is 0.176. The smallest absolute Gasteiger partial charge is 0.267 e. The third kappa shape index (κ3) is 3.10. The highest BCUT2D eigenvalue weighted by Gasteiger charge is 2.23. The fraction of sp³-hybridized carbons (Fsp3) is 0.300. The van der Waals surface area contributed by atoms with Gasteiger partial charge in [-0.1, -0.05) is 31.4 Å². The molecule has 1 aliphatic rings. The third-order valence-corrected chi connectivity index (χ3v) is 4.91. The van der Waals surface area contributed by atoms with Crippen LogP contribution in [0, 0.1) is 0 Å². The van der Waals surface area contributed by atoms with Crippen LogP contribution in [0.25, 0.3) is 10.9 Å². The van der Waals surface area contributed by atoms with Crippen molar-refractivity contribution in [3.05, 3.63) is 70.5 Å². The first-order valence-corrected chi connectivity index (χ1v) is 8.97. The molecule has 2 aromatic heterocycles. The molecule has 0 saturated heterocycles. The monoisotopic (exact) mass is 348 g/mol. The van der Waals surface area contributed by atoms with Crippen LogP contribution in [-0.2, 0) is 0 Å². The van der Waals surface area contributed by atoms with E-state index in [1.165, 1.54) is 17.3 Å². The molecule has 0 unspecified atom stereocenters. The third-order valence-electron chi connectivity index (χ3n) is 4.91. The number of rotatable bonds is 3. The van der Waals surface area contributed by atoms with E-state index in [0.29, 0.717) is 22.3 Å². The fourth-order valence-electron chi connectivity index (χ4n) is 3.56. The topological polar surface area (TPSA) is 76.9 Å². The van der Waals surface area contributed by atoms with E-state index in [0.717, 1.165) is 25.7 Å². The van der Waals surface area contributed by atoms with Crippen LogP contribution in [0.4, 0.5) is 0 Å². The molecule has 1 aliphatic carbocycles. The van der Waals surface area contributed by atoms with Crippen molar-refractivity contribution in [1.29, 1.82) is 0 Å². The molecule has 6 heteroatoms. The Morgan fingerprint density at radius 1 is 1.08 bits per heavy atom. The van der Waals surface area contributed by atoms with Gasteiger partial charge in [0.15, 0.2) is 0 Å². The molecular formula is C20H20N4O2. The van der Waals surface area contributed by atoms with Crippen LogP contribution >= 0.6 is 0 Å². The fourth-order valence-corrected chi connectivity index (χ4v) is 3.56. The maximum Gasteiger partial charge on any atom is 0.280 e. The largest absolute Gasteiger partial charge is 0.280 e. The molecule has 1 amide bonds. The number of hydrogen-bond acceptors (Lipinski definition) is 4. The molecule has 4 rings (SSSR count). The zero-order chi connectivity index (χ0) is 17.9. The van der Waals surface area contributed by atoms with Crippen LogP contribution in [0.15, 0.2) is 53.6 Å². The Morgan fingerprint density at radius 2 is 1.88 bits per heavy atom. The van der Waals surface area contributed by atoms with Crippen molar-refractivity contribution < 1.29 is 4.79 Å². The Bertz CT molecular complexity index is 992. The van der Waals surface area contributed by atoms with Crippen molar-refractivity contribution in [3.63, 3.8) is 0 Å². The van der Waals surface area contributed by atoms with Gasteiger partial charge < -0.3 is 0 Å². The first-order valence-electron chi connectivity index (χ1n) is 8.97. The molecule has 132 valence electrons. The van der Waals surface area contributed by atoms with E-state index < -0.39 is 0 Å². The molecule has 1 saturated carbocycles. The maximum absolute atomic E-state index is 13.1. The highest BCUT2D eigenvalue weighted by Crippen LogP contribution is 2.31. The summed E-state index contributed by atoms with van der Waals surface area (Å²) in [7, 11) is 0. The molecule has 1 aromatic carbocycles. The molecule has 26 heavy (non-hydrogen) atoms. The van der Waals surface area contributed by atoms with Crippen LogP contribution in [0.3, 0.4) is 0 Å². The zero-order valence-corrected chi connectivity index (χ0v) is 14.4. The number of hydrogen-bond donors (Lipinski definition) is 1. The molecule has 0 aliphatic heterocycles. The predicted molar refractivity (Wildman–Crippen MR) is 99.8 cm³/mol. The van der Waals surface area contributed by atoms with Crippen molar-refractivity contribution in [2.45, 2.75) is 38.0 Å².